The van der Waals surface area contributed by atoms with Crippen molar-refractivity contribution in [3.8, 4) is 28.7 Å². The van der Waals surface area contributed by atoms with E-state index in [0.29, 0.717) is 11.5 Å². The van der Waals surface area contributed by atoms with Gasteiger partial charge in [-0.2, -0.15) is 4.98 Å². The molecule has 0 saturated carbocycles. The number of nitrogens with zero attached hydrogens (tertiary/aromatic N) is 1. The molecule has 0 unspecified atom stereocenters. The molecule has 0 atom stereocenters. The van der Waals surface area contributed by atoms with Crippen molar-refractivity contribution in [1.82, 2.24) is 4.98 Å². The standard InChI is InChI=1S/C18H15NO3/c1-2-15(20)21-18-19-16(13-9-5-3-6-10-13)17(22-18)14-11-7-4-8-12-14/h3-12H,2H2,1H3. The second kappa shape index (κ2) is 6.26. The third kappa shape index (κ3) is 2.91. The number of esters is 1. The Morgan fingerprint density at radius 1 is 1.00 bits per heavy atom. The largest absolute Gasteiger partial charge is 0.408 e. The topological polar surface area (TPSA) is 52.3 Å². The zero-order valence-electron chi connectivity index (χ0n) is 12.2. The summed E-state index contributed by atoms with van der Waals surface area (Å²) in [6.45, 7) is 1.72. The quantitative estimate of drug-likeness (QED) is 0.672. The molecule has 0 aliphatic carbocycles. The van der Waals surface area contributed by atoms with E-state index >= 15 is 0 Å². The van der Waals surface area contributed by atoms with Gasteiger partial charge in [0.1, 0.15) is 5.69 Å². The van der Waals surface area contributed by atoms with Gasteiger partial charge in [0.15, 0.2) is 5.76 Å². The van der Waals surface area contributed by atoms with Crippen LogP contribution in [-0.2, 0) is 4.79 Å². The van der Waals surface area contributed by atoms with Crippen LogP contribution in [0.4, 0.5) is 0 Å². The number of hydrogen-bond acceptors (Lipinski definition) is 4. The molecule has 0 aliphatic heterocycles. The Morgan fingerprint density at radius 2 is 1.59 bits per heavy atom. The van der Waals surface area contributed by atoms with E-state index < -0.39 is 0 Å². The molecule has 1 aromatic heterocycles. The van der Waals surface area contributed by atoms with Crippen molar-refractivity contribution < 1.29 is 13.9 Å². The lowest BCUT2D eigenvalue weighted by Gasteiger charge is -2.00. The summed E-state index contributed by atoms with van der Waals surface area (Å²) in [6, 6.07) is 19.3. The Hall–Kier alpha value is -2.88. The Balaban J connectivity index is 2.08. The monoisotopic (exact) mass is 293 g/mol. The number of benzene rings is 2. The average molecular weight is 293 g/mol. The highest BCUT2D eigenvalue weighted by atomic mass is 16.6. The predicted molar refractivity (Wildman–Crippen MR) is 83.3 cm³/mol. The summed E-state index contributed by atoms with van der Waals surface area (Å²) in [7, 11) is 0. The van der Waals surface area contributed by atoms with Crippen LogP contribution in [0.3, 0.4) is 0 Å². The van der Waals surface area contributed by atoms with Crippen LogP contribution in [0.25, 0.3) is 22.6 Å². The predicted octanol–water partition coefficient (Wildman–Crippen LogP) is 4.32. The van der Waals surface area contributed by atoms with Crippen LogP contribution < -0.4 is 4.74 Å². The highest BCUT2D eigenvalue weighted by Gasteiger charge is 2.19. The summed E-state index contributed by atoms with van der Waals surface area (Å²) in [6.07, 6.45) is 0.244. The molecule has 0 saturated heterocycles. The summed E-state index contributed by atoms with van der Waals surface area (Å²) in [4.78, 5) is 15.8. The zero-order valence-corrected chi connectivity index (χ0v) is 12.2. The maximum absolute atomic E-state index is 11.5. The highest BCUT2D eigenvalue weighted by Crippen LogP contribution is 2.35. The van der Waals surface area contributed by atoms with Crippen molar-refractivity contribution in [3.63, 3.8) is 0 Å². The highest BCUT2D eigenvalue weighted by molar-refractivity contribution is 5.78. The van der Waals surface area contributed by atoms with Gasteiger partial charge in [0.05, 0.1) is 0 Å². The number of carbonyl (C=O) groups excluding carboxylic acids is 1. The van der Waals surface area contributed by atoms with Crippen LogP contribution in [0, 0.1) is 0 Å². The first kappa shape index (κ1) is 14.1. The van der Waals surface area contributed by atoms with E-state index in [0.717, 1.165) is 11.1 Å². The normalized spacial score (nSPS) is 10.4. The smallest absolute Gasteiger partial charge is 0.402 e. The minimum absolute atomic E-state index is 0.0236. The minimum atomic E-state index is -0.375. The molecule has 0 radical (unpaired) electrons. The first-order chi connectivity index (χ1) is 10.8. The van der Waals surface area contributed by atoms with Crippen LogP contribution in [0.5, 0.6) is 6.08 Å². The third-order valence-corrected chi connectivity index (χ3v) is 3.18. The van der Waals surface area contributed by atoms with E-state index in [4.69, 9.17) is 9.15 Å². The first-order valence-electron chi connectivity index (χ1n) is 7.10. The molecule has 22 heavy (non-hydrogen) atoms. The van der Waals surface area contributed by atoms with Gasteiger partial charge in [-0.1, -0.05) is 67.6 Å². The Kier molecular flexibility index (Phi) is 4.01. The molecular weight excluding hydrogens is 278 g/mol. The lowest BCUT2D eigenvalue weighted by atomic mass is 10.1. The van der Waals surface area contributed by atoms with Crippen LogP contribution in [0.2, 0.25) is 0 Å². The molecule has 3 aromatic rings. The van der Waals surface area contributed by atoms with Gasteiger partial charge in [-0.05, 0) is 0 Å². The second-order valence-corrected chi connectivity index (χ2v) is 4.72. The molecule has 0 amide bonds. The number of carbonyl (C=O) groups is 1. The summed E-state index contributed by atoms with van der Waals surface area (Å²) in [5.41, 5.74) is 2.45. The molecule has 0 aliphatic rings. The molecule has 4 nitrogen and oxygen atoms in total. The summed E-state index contributed by atoms with van der Waals surface area (Å²) in [5.74, 6) is 0.214. The lowest BCUT2D eigenvalue weighted by Crippen LogP contribution is -2.05. The Bertz CT molecular complexity index is 707. The summed E-state index contributed by atoms with van der Waals surface area (Å²) < 4.78 is 10.8. The SMILES string of the molecule is CCC(=O)Oc1nc(-c2ccccc2)c(-c2ccccc2)o1. The van der Waals surface area contributed by atoms with Crippen LogP contribution >= 0.6 is 0 Å². The maximum Gasteiger partial charge on any atom is 0.402 e. The minimum Gasteiger partial charge on any atom is -0.408 e. The maximum atomic E-state index is 11.5. The molecule has 0 spiro atoms. The van der Waals surface area contributed by atoms with Gasteiger partial charge in [0.2, 0.25) is 0 Å². The number of ether oxygens (including phenoxy) is 1. The average Bonchev–Trinajstić information content (AvgIpc) is 3.00. The molecule has 1 heterocycles. The third-order valence-electron chi connectivity index (χ3n) is 3.18. The van der Waals surface area contributed by atoms with Gasteiger partial charge < -0.3 is 9.15 Å². The molecule has 0 bridgehead atoms. The fourth-order valence-electron chi connectivity index (χ4n) is 2.09. The van der Waals surface area contributed by atoms with Gasteiger partial charge in [-0.3, -0.25) is 4.79 Å². The number of hydrogen-bond donors (Lipinski definition) is 0. The van der Waals surface area contributed by atoms with Gasteiger partial charge in [-0.15, -0.1) is 0 Å². The Morgan fingerprint density at radius 3 is 2.18 bits per heavy atom. The first-order valence-corrected chi connectivity index (χ1v) is 7.10. The van der Waals surface area contributed by atoms with Crippen LogP contribution in [0.1, 0.15) is 13.3 Å². The molecular formula is C18H15NO3. The molecule has 0 N–H and O–H groups in total. The van der Waals surface area contributed by atoms with Crippen molar-refractivity contribution in [2.75, 3.05) is 0 Å². The Labute approximate surface area is 128 Å². The summed E-state index contributed by atoms with van der Waals surface area (Å²) in [5, 5.41) is 0. The van der Waals surface area contributed by atoms with Gasteiger partial charge in [-0.25, -0.2) is 0 Å². The van der Waals surface area contributed by atoms with E-state index in [9.17, 15) is 4.79 Å². The van der Waals surface area contributed by atoms with Gasteiger partial charge in [0.25, 0.3) is 0 Å². The molecule has 3 rings (SSSR count). The number of oxazole rings is 1. The molecule has 4 heteroatoms. The molecule has 110 valence electrons. The number of aromatic nitrogens is 1. The van der Waals surface area contributed by atoms with Crippen molar-refractivity contribution in [2.45, 2.75) is 13.3 Å². The van der Waals surface area contributed by atoms with E-state index in [-0.39, 0.29) is 18.5 Å². The number of rotatable bonds is 4. The van der Waals surface area contributed by atoms with Crippen molar-refractivity contribution in [1.29, 1.82) is 0 Å². The lowest BCUT2D eigenvalue weighted by molar-refractivity contribution is -0.135. The van der Waals surface area contributed by atoms with E-state index in [2.05, 4.69) is 4.98 Å². The van der Waals surface area contributed by atoms with E-state index in [1.165, 1.54) is 0 Å². The second-order valence-electron chi connectivity index (χ2n) is 4.72. The summed E-state index contributed by atoms with van der Waals surface area (Å²) >= 11 is 0. The van der Waals surface area contributed by atoms with Crippen molar-refractivity contribution >= 4 is 5.97 Å². The zero-order chi connectivity index (χ0) is 15.4. The van der Waals surface area contributed by atoms with E-state index in [1.54, 1.807) is 6.92 Å². The van der Waals surface area contributed by atoms with Crippen molar-refractivity contribution in [2.24, 2.45) is 0 Å². The molecule has 0 fully saturated rings. The van der Waals surface area contributed by atoms with Crippen LogP contribution in [-0.4, -0.2) is 11.0 Å². The van der Waals surface area contributed by atoms with E-state index in [1.807, 2.05) is 60.7 Å². The fourth-order valence-corrected chi connectivity index (χ4v) is 2.09. The van der Waals surface area contributed by atoms with Crippen LogP contribution in [0.15, 0.2) is 65.1 Å². The van der Waals surface area contributed by atoms with Gasteiger partial charge in [0, 0.05) is 17.5 Å². The fraction of sp³-hybridized carbons (Fsp3) is 0.111. The van der Waals surface area contributed by atoms with Gasteiger partial charge >= 0.3 is 12.0 Å². The molecule has 2 aromatic carbocycles. The van der Waals surface area contributed by atoms with Crippen molar-refractivity contribution in [3.05, 3.63) is 60.7 Å².